The van der Waals surface area contributed by atoms with Gasteiger partial charge >= 0.3 is 0 Å². The van der Waals surface area contributed by atoms with E-state index in [-0.39, 0.29) is 17.5 Å². The van der Waals surface area contributed by atoms with Crippen LogP contribution in [-0.2, 0) is 16.8 Å². The minimum absolute atomic E-state index is 0.103. The van der Waals surface area contributed by atoms with Crippen LogP contribution in [-0.4, -0.2) is 42.4 Å². The number of carbonyl (C=O) groups is 1. The Hall–Kier alpha value is -1.65. The third-order valence-electron chi connectivity index (χ3n) is 4.77. The van der Waals surface area contributed by atoms with Gasteiger partial charge in [-0.3, -0.25) is 9.69 Å². The average Bonchev–Trinajstić information content (AvgIpc) is 2.94. The van der Waals surface area contributed by atoms with Gasteiger partial charge in [-0.05, 0) is 43.1 Å². The SMILES string of the molecule is CN(C)[C@@H]1C(=O)N2CCc3sccc3[C@@]12c1ccccc1. The molecule has 0 bridgehead atoms. The first-order valence-corrected chi connectivity index (χ1v) is 8.15. The van der Waals surface area contributed by atoms with Crippen LogP contribution < -0.4 is 0 Å². The van der Waals surface area contributed by atoms with Crippen molar-refractivity contribution in [2.24, 2.45) is 0 Å². The summed E-state index contributed by atoms with van der Waals surface area (Å²) in [5.74, 6) is 0.251. The number of fused-ring (bicyclic) bond motifs is 3. The first-order valence-electron chi connectivity index (χ1n) is 7.27. The monoisotopic (exact) mass is 298 g/mol. The van der Waals surface area contributed by atoms with E-state index >= 15 is 0 Å². The molecule has 1 saturated heterocycles. The normalized spacial score (nSPS) is 27.3. The number of β-lactam (4-membered cyclic amide) rings is 1. The van der Waals surface area contributed by atoms with Gasteiger partial charge in [-0.2, -0.15) is 0 Å². The zero-order valence-electron chi connectivity index (χ0n) is 12.2. The number of likely N-dealkylation sites (N-methyl/N-ethyl adjacent to an activating group) is 1. The Morgan fingerprint density at radius 1 is 1.24 bits per heavy atom. The second-order valence-electron chi connectivity index (χ2n) is 6.00. The lowest BCUT2D eigenvalue weighted by atomic mass is 9.66. The van der Waals surface area contributed by atoms with Gasteiger partial charge in [0, 0.05) is 11.4 Å². The topological polar surface area (TPSA) is 23.6 Å². The molecule has 0 spiro atoms. The number of nitrogens with zero attached hydrogens (tertiary/aromatic N) is 2. The molecule has 21 heavy (non-hydrogen) atoms. The molecule has 1 fully saturated rings. The Bertz CT molecular complexity index is 694. The highest BCUT2D eigenvalue weighted by Crippen LogP contribution is 2.53. The summed E-state index contributed by atoms with van der Waals surface area (Å²) >= 11 is 1.82. The summed E-state index contributed by atoms with van der Waals surface area (Å²) in [7, 11) is 4.01. The molecule has 1 amide bonds. The van der Waals surface area contributed by atoms with Crippen LogP contribution in [0.4, 0.5) is 0 Å². The van der Waals surface area contributed by atoms with Crippen LogP contribution in [0.15, 0.2) is 41.8 Å². The molecule has 1 aromatic carbocycles. The van der Waals surface area contributed by atoms with Gasteiger partial charge in [-0.1, -0.05) is 30.3 Å². The summed E-state index contributed by atoms with van der Waals surface area (Å²) in [4.78, 5) is 18.2. The maximum absolute atomic E-state index is 12.6. The maximum atomic E-state index is 12.6. The van der Waals surface area contributed by atoms with E-state index in [1.807, 2.05) is 31.5 Å². The summed E-state index contributed by atoms with van der Waals surface area (Å²) in [6.07, 6.45) is 0.980. The summed E-state index contributed by atoms with van der Waals surface area (Å²) in [6.45, 7) is 0.825. The zero-order valence-corrected chi connectivity index (χ0v) is 13.1. The van der Waals surface area contributed by atoms with Crippen LogP contribution in [0.2, 0.25) is 0 Å². The van der Waals surface area contributed by atoms with Crippen molar-refractivity contribution in [2.45, 2.75) is 18.0 Å². The van der Waals surface area contributed by atoms with E-state index in [1.54, 1.807) is 0 Å². The molecule has 2 aliphatic rings. The molecule has 0 unspecified atom stereocenters. The second-order valence-corrected chi connectivity index (χ2v) is 7.00. The number of hydrogen-bond acceptors (Lipinski definition) is 3. The minimum Gasteiger partial charge on any atom is -0.325 e. The molecule has 2 atom stereocenters. The minimum atomic E-state index is -0.296. The molecule has 2 aromatic rings. The molecule has 0 N–H and O–H groups in total. The van der Waals surface area contributed by atoms with Crippen LogP contribution in [0.1, 0.15) is 16.0 Å². The molecule has 0 aliphatic carbocycles. The predicted molar refractivity (Wildman–Crippen MR) is 84.4 cm³/mol. The molecular weight excluding hydrogens is 280 g/mol. The molecule has 2 aliphatic heterocycles. The molecule has 4 heteroatoms. The fraction of sp³-hybridized carbons (Fsp3) is 0.353. The van der Waals surface area contributed by atoms with Gasteiger partial charge in [0.1, 0.15) is 11.6 Å². The van der Waals surface area contributed by atoms with Crippen molar-refractivity contribution in [1.82, 2.24) is 9.80 Å². The average molecular weight is 298 g/mol. The van der Waals surface area contributed by atoms with E-state index in [2.05, 4.69) is 45.5 Å². The maximum Gasteiger partial charge on any atom is 0.244 e. The van der Waals surface area contributed by atoms with Crippen LogP contribution in [0.25, 0.3) is 0 Å². The Labute approximate surface area is 128 Å². The lowest BCUT2D eigenvalue weighted by molar-refractivity contribution is -0.170. The summed E-state index contributed by atoms with van der Waals surface area (Å²) in [5, 5.41) is 2.16. The van der Waals surface area contributed by atoms with Crippen molar-refractivity contribution in [3.05, 3.63) is 57.8 Å². The molecule has 4 rings (SSSR count). The molecule has 108 valence electrons. The zero-order chi connectivity index (χ0) is 14.6. The molecule has 1 aromatic heterocycles. The van der Waals surface area contributed by atoms with Crippen molar-refractivity contribution in [2.75, 3.05) is 20.6 Å². The third kappa shape index (κ3) is 1.49. The van der Waals surface area contributed by atoms with Gasteiger partial charge in [0.25, 0.3) is 0 Å². The molecule has 0 saturated carbocycles. The quantitative estimate of drug-likeness (QED) is 0.795. The lowest BCUT2D eigenvalue weighted by Gasteiger charge is -2.61. The first-order chi connectivity index (χ1) is 10.2. The van der Waals surface area contributed by atoms with E-state index < -0.39 is 0 Å². The van der Waals surface area contributed by atoms with Gasteiger partial charge in [0.2, 0.25) is 5.91 Å². The van der Waals surface area contributed by atoms with E-state index in [0.29, 0.717) is 0 Å². The predicted octanol–water partition coefficient (Wildman–Crippen LogP) is 2.32. The van der Waals surface area contributed by atoms with Crippen molar-refractivity contribution >= 4 is 17.2 Å². The standard InChI is InChI=1S/C17H18N2OS/c1-18(2)15-16(20)19-10-8-14-13(9-11-21-14)17(15,19)12-6-4-3-5-7-12/h3-7,9,11,15H,8,10H2,1-2H3/t15-,17+/m1/s1. The summed E-state index contributed by atoms with van der Waals surface area (Å²) in [6, 6.07) is 12.6. The van der Waals surface area contributed by atoms with Crippen LogP contribution in [0.5, 0.6) is 0 Å². The number of rotatable bonds is 2. The van der Waals surface area contributed by atoms with Crippen molar-refractivity contribution < 1.29 is 4.79 Å². The lowest BCUT2D eigenvalue weighted by Crippen LogP contribution is -2.77. The van der Waals surface area contributed by atoms with Crippen LogP contribution >= 0.6 is 11.3 Å². The van der Waals surface area contributed by atoms with E-state index in [4.69, 9.17) is 0 Å². The second kappa shape index (κ2) is 4.42. The summed E-state index contributed by atoms with van der Waals surface area (Å²) < 4.78 is 0. The number of amides is 1. The van der Waals surface area contributed by atoms with E-state index in [0.717, 1.165) is 13.0 Å². The highest BCUT2D eigenvalue weighted by atomic mass is 32.1. The Kier molecular flexibility index (Phi) is 2.75. The van der Waals surface area contributed by atoms with Gasteiger partial charge in [0.05, 0.1) is 0 Å². The van der Waals surface area contributed by atoms with Gasteiger partial charge in [-0.25, -0.2) is 0 Å². The summed E-state index contributed by atoms with van der Waals surface area (Å²) in [5.41, 5.74) is 2.25. The van der Waals surface area contributed by atoms with Crippen LogP contribution in [0.3, 0.4) is 0 Å². The number of thiophene rings is 1. The Balaban J connectivity index is 1.99. The fourth-order valence-corrected chi connectivity index (χ4v) is 4.93. The van der Waals surface area contributed by atoms with Crippen molar-refractivity contribution in [3.8, 4) is 0 Å². The largest absolute Gasteiger partial charge is 0.325 e. The molecule has 3 heterocycles. The van der Waals surface area contributed by atoms with Gasteiger partial charge in [-0.15, -0.1) is 11.3 Å². The smallest absolute Gasteiger partial charge is 0.244 e. The van der Waals surface area contributed by atoms with Gasteiger partial charge < -0.3 is 4.90 Å². The van der Waals surface area contributed by atoms with Crippen molar-refractivity contribution in [3.63, 3.8) is 0 Å². The Morgan fingerprint density at radius 3 is 2.71 bits per heavy atom. The van der Waals surface area contributed by atoms with E-state index in [9.17, 15) is 4.79 Å². The highest BCUT2D eigenvalue weighted by molar-refractivity contribution is 7.10. The van der Waals surface area contributed by atoms with Crippen molar-refractivity contribution in [1.29, 1.82) is 0 Å². The molecular formula is C17H18N2OS. The van der Waals surface area contributed by atoms with Crippen LogP contribution in [0, 0.1) is 0 Å². The first kappa shape index (κ1) is 13.0. The third-order valence-corrected chi connectivity index (χ3v) is 5.75. The fourth-order valence-electron chi connectivity index (χ4n) is 4.00. The number of benzene rings is 1. The number of hydrogen-bond donors (Lipinski definition) is 0. The molecule has 3 nitrogen and oxygen atoms in total. The van der Waals surface area contributed by atoms with Gasteiger partial charge in [0.15, 0.2) is 0 Å². The highest BCUT2D eigenvalue weighted by Gasteiger charge is 2.64. The van der Waals surface area contributed by atoms with E-state index in [1.165, 1.54) is 16.0 Å². The Morgan fingerprint density at radius 2 is 2.00 bits per heavy atom. The number of carbonyl (C=O) groups excluding carboxylic acids is 1. The molecule has 0 radical (unpaired) electrons.